The SMILES string of the molecule is CCOc1cc(C2C(C(=O)c3ccco3)=C(O)C(=O)N2c2nnc(SCc3ccc(Cl)cc3)s2)ccc1OCCC(C)C. The average molecular weight is 640 g/mol. The summed E-state index contributed by atoms with van der Waals surface area (Å²) in [5.41, 5.74) is 1.45. The number of thioether (sulfide) groups is 1. The third-order valence-electron chi connectivity index (χ3n) is 6.61. The molecule has 1 amide bonds. The zero-order valence-electron chi connectivity index (χ0n) is 23.8. The minimum Gasteiger partial charge on any atom is -0.503 e. The van der Waals surface area contributed by atoms with Gasteiger partial charge in [0.25, 0.3) is 5.91 Å². The monoisotopic (exact) mass is 639 g/mol. The largest absolute Gasteiger partial charge is 0.503 e. The van der Waals surface area contributed by atoms with Crippen LogP contribution in [0, 0.1) is 5.92 Å². The lowest BCUT2D eigenvalue weighted by atomic mass is 9.95. The Morgan fingerprint density at radius 1 is 1.14 bits per heavy atom. The second-order valence-electron chi connectivity index (χ2n) is 10.1. The van der Waals surface area contributed by atoms with Crippen LogP contribution in [0.1, 0.15) is 54.9 Å². The molecule has 4 aromatic rings. The Morgan fingerprint density at radius 2 is 1.93 bits per heavy atom. The number of amides is 1. The number of ketones is 1. The summed E-state index contributed by atoms with van der Waals surface area (Å²) in [6.07, 6.45) is 2.23. The van der Waals surface area contributed by atoms with Gasteiger partial charge in [-0.3, -0.25) is 14.5 Å². The molecule has 1 aliphatic rings. The van der Waals surface area contributed by atoms with E-state index in [0.717, 1.165) is 12.0 Å². The van der Waals surface area contributed by atoms with Gasteiger partial charge in [-0.15, -0.1) is 10.2 Å². The van der Waals surface area contributed by atoms with Gasteiger partial charge in [-0.25, -0.2) is 0 Å². The number of hydrogen-bond acceptors (Lipinski definition) is 10. The van der Waals surface area contributed by atoms with E-state index in [-0.39, 0.29) is 16.5 Å². The van der Waals surface area contributed by atoms with Crippen molar-refractivity contribution < 1.29 is 28.6 Å². The Labute approximate surface area is 262 Å². The minimum absolute atomic E-state index is 0.00339. The number of rotatable bonds is 13. The number of halogens is 1. The van der Waals surface area contributed by atoms with Crippen molar-refractivity contribution in [1.82, 2.24) is 10.2 Å². The summed E-state index contributed by atoms with van der Waals surface area (Å²) < 4.78 is 17.9. The van der Waals surface area contributed by atoms with E-state index in [1.165, 1.54) is 40.3 Å². The van der Waals surface area contributed by atoms with Crippen molar-refractivity contribution in [3.8, 4) is 11.5 Å². The van der Waals surface area contributed by atoms with Gasteiger partial charge in [-0.1, -0.05) is 66.7 Å². The van der Waals surface area contributed by atoms with Crippen LogP contribution in [0.5, 0.6) is 11.5 Å². The van der Waals surface area contributed by atoms with E-state index in [2.05, 4.69) is 24.0 Å². The fourth-order valence-corrected chi connectivity index (χ4v) is 6.41. The Morgan fingerprint density at radius 3 is 2.63 bits per heavy atom. The number of hydrogen-bond donors (Lipinski definition) is 1. The third-order valence-corrected chi connectivity index (χ3v) is 8.99. The van der Waals surface area contributed by atoms with E-state index in [9.17, 15) is 14.7 Å². The molecule has 12 heteroatoms. The van der Waals surface area contributed by atoms with Gasteiger partial charge in [0.1, 0.15) is 0 Å². The first-order valence-corrected chi connectivity index (χ1v) is 15.9. The molecule has 1 atom stereocenters. The highest BCUT2D eigenvalue weighted by Crippen LogP contribution is 2.45. The van der Waals surface area contributed by atoms with Crippen molar-refractivity contribution in [2.75, 3.05) is 18.1 Å². The molecular weight excluding hydrogens is 610 g/mol. The lowest BCUT2D eigenvalue weighted by Crippen LogP contribution is -2.31. The molecule has 1 N–H and O–H groups in total. The van der Waals surface area contributed by atoms with Crippen molar-refractivity contribution in [2.24, 2.45) is 5.92 Å². The number of aromatic nitrogens is 2. The normalized spacial score (nSPS) is 15.0. The minimum atomic E-state index is -1.02. The maximum Gasteiger partial charge on any atom is 0.296 e. The van der Waals surface area contributed by atoms with Crippen LogP contribution in [0.4, 0.5) is 5.13 Å². The van der Waals surface area contributed by atoms with Crippen LogP contribution in [0.15, 0.2) is 80.9 Å². The van der Waals surface area contributed by atoms with E-state index in [1.807, 2.05) is 31.2 Å². The Kier molecular flexibility index (Phi) is 9.74. The molecule has 5 rings (SSSR count). The summed E-state index contributed by atoms with van der Waals surface area (Å²) in [5.74, 6) is 0.0434. The van der Waals surface area contributed by atoms with Crippen LogP contribution >= 0.6 is 34.7 Å². The number of anilines is 1. The summed E-state index contributed by atoms with van der Waals surface area (Å²) >= 11 is 8.64. The van der Waals surface area contributed by atoms with Gasteiger partial charge in [0, 0.05) is 10.8 Å². The van der Waals surface area contributed by atoms with E-state index in [4.69, 9.17) is 25.5 Å². The van der Waals surface area contributed by atoms with Crippen LogP contribution in [-0.4, -0.2) is 40.2 Å². The molecule has 9 nitrogen and oxygen atoms in total. The number of Topliss-reactive ketones (excluding diaryl/α,β-unsaturated/α-hetero) is 1. The first-order valence-electron chi connectivity index (χ1n) is 13.7. The zero-order chi connectivity index (χ0) is 30.5. The number of aliphatic hydroxyl groups is 1. The maximum atomic E-state index is 13.6. The molecule has 0 saturated carbocycles. The highest BCUT2D eigenvalue weighted by atomic mass is 35.5. The number of aliphatic hydroxyl groups excluding tert-OH is 1. The van der Waals surface area contributed by atoms with Crippen LogP contribution in [0.2, 0.25) is 5.02 Å². The smallest absolute Gasteiger partial charge is 0.296 e. The summed E-state index contributed by atoms with van der Waals surface area (Å²) in [5, 5.41) is 20.5. The number of nitrogens with zero attached hydrogens (tertiary/aromatic N) is 3. The van der Waals surface area contributed by atoms with Gasteiger partial charge in [-0.05, 0) is 66.8 Å². The summed E-state index contributed by atoms with van der Waals surface area (Å²) in [6.45, 7) is 6.98. The van der Waals surface area contributed by atoms with Crippen LogP contribution in [0.25, 0.3) is 0 Å². The summed E-state index contributed by atoms with van der Waals surface area (Å²) in [7, 11) is 0. The van der Waals surface area contributed by atoms with Crippen molar-refractivity contribution in [2.45, 2.75) is 43.3 Å². The second-order valence-corrected chi connectivity index (χ2v) is 12.7. The molecule has 0 aliphatic carbocycles. The van der Waals surface area contributed by atoms with Crippen molar-refractivity contribution >= 4 is 51.5 Å². The fourth-order valence-electron chi connectivity index (χ4n) is 4.46. The molecule has 1 aliphatic heterocycles. The maximum absolute atomic E-state index is 13.6. The molecule has 0 fully saturated rings. The fraction of sp³-hybridized carbons (Fsp3) is 0.290. The van der Waals surface area contributed by atoms with Gasteiger partial charge in [0.15, 0.2) is 27.4 Å². The van der Waals surface area contributed by atoms with Gasteiger partial charge >= 0.3 is 0 Å². The third kappa shape index (κ3) is 6.90. The lowest BCUT2D eigenvalue weighted by Gasteiger charge is -2.25. The lowest BCUT2D eigenvalue weighted by molar-refractivity contribution is -0.117. The summed E-state index contributed by atoms with van der Waals surface area (Å²) in [4.78, 5) is 28.5. The first-order chi connectivity index (χ1) is 20.8. The molecule has 0 radical (unpaired) electrons. The molecule has 43 heavy (non-hydrogen) atoms. The molecule has 2 aromatic heterocycles. The second kappa shape index (κ2) is 13.7. The van der Waals surface area contributed by atoms with E-state index in [0.29, 0.717) is 51.3 Å². The van der Waals surface area contributed by atoms with Crippen molar-refractivity contribution in [1.29, 1.82) is 0 Å². The van der Waals surface area contributed by atoms with Crippen LogP contribution in [0.3, 0.4) is 0 Å². The quantitative estimate of drug-likeness (QED) is 0.0893. The summed E-state index contributed by atoms with van der Waals surface area (Å²) in [6, 6.07) is 14.8. The Balaban J connectivity index is 1.50. The molecule has 0 bridgehead atoms. The number of carbonyl (C=O) groups excluding carboxylic acids is 2. The highest BCUT2D eigenvalue weighted by molar-refractivity contribution is 8.00. The zero-order valence-corrected chi connectivity index (χ0v) is 26.2. The van der Waals surface area contributed by atoms with Crippen LogP contribution < -0.4 is 14.4 Å². The van der Waals surface area contributed by atoms with Crippen molar-refractivity contribution in [3.05, 3.63) is 94.1 Å². The molecule has 3 heterocycles. The first kappa shape index (κ1) is 30.7. The van der Waals surface area contributed by atoms with Crippen LogP contribution in [-0.2, 0) is 10.5 Å². The standard InChI is InChI=1S/C31H30ClN3O6S2/c1-4-39-24-16-20(9-12-22(24)41-15-13-18(2)3)26-25(27(36)23-6-5-14-40-23)28(37)29(38)35(26)30-33-34-31(43-30)42-17-19-7-10-21(32)11-8-19/h5-12,14,16,18,26,37H,4,13,15,17H2,1-3H3. The predicted octanol–water partition coefficient (Wildman–Crippen LogP) is 7.68. The van der Waals surface area contributed by atoms with E-state index in [1.54, 1.807) is 24.3 Å². The Bertz CT molecular complexity index is 1620. The number of carbonyl (C=O) groups is 2. The van der Waals surface area contributed by atoms with Gasteiger partial charge < -0.3 is 19.0 Å². The van der Waals surface area contributed by atoms with Gasteiger partial charge in [0.2, 0.25) is 10.9 Å². The topological polar surface area (TPSA) is 115 Å². The molecular formula is C31H30ClN3O6S2. The molecule has 0 saturated heterocycles. The highest BCUT2D eigenvalue weighted by Gasteiger charge is 2.47. The predicted molar refractivity (Wildman–Crippen MR) is 166 cm³/mol. The molecule has 0 spiro atoms. The number of ether oxygens (including phenoxy) is 2. The van der Waals surface area contributed by atoms with Crippen molar-refractivity contribution in [3.63, 3.8) is 0 Å². The Hall–Kier alpha value is -3.80. The molecule has 224 valence electrons. The van der Waals surface area contributed by atoms with Gasteiger partial charge in [-0.2, -0.15) is 0 Å². The number of furan rings is 1. The number of benzene rings is 2. The van der Waals surface area contributed by atoms with E-state index >= 15 is 0 Å². The average Bonchev–Trinajstić information content (AvgIpc) is 3.74. The van der Waals surface area contributed by atoms with Gasteiger partial charge in [0.05, 0.1) is 31.1 Å². The van der Waals surface area contributed by atoms with E-state index < -0.39 is 23.5 Å². The molecule has 1 unspecified atom stereocenters. The molecule has 2 aromatic carbocycles.